The molecule has 0 aliphatic heterocycles. The Hall–Kier alpha value is -1.73. The van der Waals surface area contributed by atoms with E-state index >= 15 is 0 Å². The molecule has 0 atom stereocenters. The molecular weight excluding hydrogens is 258 g/mol. The van der Waals surface area contributed by atoms with Crippen LogP contribution in [0.5, 0.6) is 0 Å². The lowest BCUT2D eigenvalue weighted by molar-refractivity contribution is 0.0579. The van der Waals surface area contributed by atoms with Gasteiger partial charge in [-0.1, -0.05) is 19.3 Å². The Balaban J connectivity index is 2.12. The van der Waals surface area contributed by atoms with Crippen LogP contribution in [0.3, 0.4) is 0 Å². The number of hydrogen-bond acceptors (Lipinski definition) is 6. The average molecular weight is 279 g/mol. The van der Waals surface area contributed by atoms with Crippen molar-refractivity contribution in [2.24, 2.45) is 5.84 Å². The summed E-state index contributed by atoms with van der Waals surface area (Å²) in [4.78, 5) is 22.3. The second kappa shape index (κ2) is 7.16. The van der Waals surface area contributed by atoms with Crippen LogP contribution in [-0.4, -0.2) is 45.1 Å². The first-order valence-corrected chi connectivity index (χ1v) is 6.96. The fraction of sp³-hybridized carbons (Fsp3) is 0.615. The summed E-state index contributed by atoms with van der Waals surface area (Å²) in [5, 5.41) is 9.19. The van der Waals surface area contributed by atoms with Crippen molar-refractivity contribution in [1.82, 2.24) is 14.9 Å². The van der Waals surface area contributed by atoms with Crippen molar-refractivity contribution in [2.45, 2.75) is 38.1 Å². The summed E-state index contributed by atoms with van der Waals surface area (Å²) in [6, 6.07) is 0.192. The largest absolute Gasteiger partial charge is 0.395 e. The number of amides is 1. The van der Waals surface area contributed by atoms with Gasteiger partial charge in [-0.2, -0.15) is 0 Å². The van der Waals surface area contributed by atoms with E-state index in [9.17, 15) is 9.90 Å². The predicted molar refractivity (Wildman–Crippen MR) is 74.8 cm³/mol. The van der Waals surface area contributed by atoms with Crippen LogP contribution in [0.15, 0.2) is 12.4 Å². The molecule has 7 nitrogen and oxygen atoms in total. The highest BCUT2D eigenvalue weighted by atomic mass is 16.3. The van der Waals surface area contributed by atoms with E-state index in [0.29, 0.717) is 12.4 Å². The molecule has 20 heavy (non-hydrogen) atoms. The number of hydrazine groups is 1. The van der Waals surface area contributed by atoms with Crippen molar-refractivity contribution >= 4 is 11.7 Å². The number of nitrogens with one attached hydrogen (secondary N) is 1. The first-order valence-electron chi connectivity index (χ1n) is 6.96. The van der Waals surface area contributed by atoms with E-state index in [-0.39, 0.29) is 24.2 Å². The van der Waals surface area contributed by atoms with Crippen molar-refractivity contribution in [3.8, 4) is 0 Å². The Labute approximate surface area is 118 Å². The summed E-state index contributed by atoms with van der Waals surface area (Å²) >= 11 is 0. The van der Waals surface area contributed by atoms with Crippen LogP contribution in [0.4, 0.5) is 5.82 Å². The summed E-state index contributed by atoms with van der Waals surface area (Å²) in [7, 11) is 0. The number of hydrogen-bond donors (Lipinski definition) is 3. The molecule has 4 N–H and O–H groups in total. The molecule has 0 spiro atoms. The van der Waals surface area contributed by atoms with E-state index in [1.165, 1.54) is 18.8 Å². The zero-order chi connectivity index (χ0) is 14.4. The lowest BCUT2D eigenvalue weighted by Crippen LogP contribution is -2.43. The second-order valence-corrected chi connectivity index (χ2v) is 4.95. The first kappa shape index (κ1) is 14.7. The number of carbonyl (C=O) groups is 1. The molecule has 0 aromatic carbocycles. The maximum Gasteiger partial charge on any atom is 0.274 e. The maximum absolute atomic E-state index is 12.5. The zero-order valence-corrected chi connectivity index (χ0v) is 11.5. The van der Waals surface area contributed by atoms with E-state index in [1.807, 2.05) is 0 Å². The molecule has 0 radical (unpaired) electrons. The maximum atomic E-state index is 12.5. The molecule has 1 aromatic rings. The zero-order valence-electron chi connectivity index (χ0n) is 11.5. The SMILES string of the molecule is NNc1cnc(C(=O)N(CCO)C2CCCCC2)cn1. The van der Waals surface area contributed by atoms with Crippen LogP contribution in [0.2, 0.25) is 0 Å². The van der Waals surface area contributed by atoms with Crippen LogP contribution in [0.1, 0.15) is 42.6 Å². The Morgan fingerprint density at radius 1 is 1.35 bits per heavy atom. The van der Waals surface area contributed by atoms with Gasteiger partial charge < -0.3 is 15.4 Å². The van der Waals surface area contributed by atoms with E-state index in [0.717, 1.165) is 25.7 Å². The standard InChI is InChI=1S/C13H21N5O2/c14-17-12-9-15-11(8-16-12)13(20)18(6-7-19)10-4-2-1-3-5-10/h8-10,19H,1-7,14H2,(H,16,17). The van der Waals surface area contributed by atoms with Crippen LogP contribution < -0.4 is 11.3 Å². The number of nitrogens with two attached hydrogens (primary N) is 1. The minimum Gasteiger partial charge on any atom is -0.395 e. The van der Waals surface area contributed by atoms with Crippen molar-refractivity contribution in [3.05, 3.63) is 18.1 Å². The monoisotopic (exact) mass is 279 g/mol. The Morgan fingerprint density at radius 3 is 2.65 bits per heavy atom. The van der Waals surface area contributed by atoms with Gasteiger partial charge in [0.1, 0.15) is 5.69 Å². The number of aliphatic hydroxyl groups excluding tert-OH is 1. The molecule has 1 aromatic heterocycles. The lowest BCUT2D eigenvalue weighted by atomic mass is 9.94. The van der Waals surface area contributed by atoms with Crippen LogP contribution >= 0.6 is 0 Å². The molecule has 1 fully saturated rings. The van der Waals surface area contributed by atoms with Gasteiger partial charge >= 0.3 is 0 Å². The Bertz CT molecular complexity index is 431. The molecular formula is C13H21N5O2. The quantitative estimate of drug-likeness (QED) is 0.536. The Kier molecular flexibility index (Phi) is 5.25. The van der Waals surface area contributed by atoms with Gasteiger partial charge in [0.25, 0.3) is 5.91 Å². The fourth-order valence-electron chi connectivity index (χ4n) is 2.61. The van der Waals surface area contributed by atoms with Gasteiger partial charge in [-0.25, -0.2) is 15.8 Å². The predicted octanol–water partition coefficient (Wildman–Crippen LogP) is 0.529. The summed E-state index contributed by atoms with van der Waals surface area (Å²) in [6.07, 6.45) is 8.27. The normalized spacial score (nSPS) is 15.9. The second-order valence-electron chi connectivity index (χ2n) is 4.95. The van der Waals surface area contributed by atoms with Crippen LogP contribution in [0.25, 0.3) is 0 Å². The molecule has 0 saturated heterocycles. The fourth-order valence-corrected chi connectivity index (χ4v) is 2.61. The van der Waals surface area contributed by atoms with Crippen molar-refractivity contribution in [1.29, 1.82) is 0 Å². The third-order valence-corrected chi connectivity index (χ3v) is 3.64. The molecule has 1 saturated carbocycles. The van der Waals surface area contributed by atoms with Crippen molar-refractivity contribution in [2.75, 3.05) is 18.6 Å². The van der Waals surface area contributed by atoms with E-state index in [2.05, 4.69) is 15.4 Å². The van der Waals surface area contributed by atoms with E-state index in [1.54, 1.807) is 4.90 Å². The summed E-state index contributed by atoms with van der Waals surface area (Å²) in [5.41, 5.74) is 2.65. The first-order chi connectivity index (χ1) is 9.76. The molecule has 2 rings (SSSR count). The van der Waals surface area contributed by atoms with Gasteiger partial charge in [0, 0.05) is 12.6 Å². The molecule has 1 amide bonds. The lowest BCUT2D eigenvalue weighted by Gasteiger charge is -2.33. The number of nitrogen functional groups attached to an aromatic ring is 1. The molecule has 1 aliphatic rings. The van der Waals surface area contributed by atoms with Gasteiger partial charge in [-0.15, -0.1) is 0 Å². The summed E-state index contributed by atoms with van der Waals surface area (Å²) in [5.74, 6) is 5.45. The highest BCUT2D eigenvalue weighted by Crippen LogP contribution is 2.23. The van der Waals surface area contributed by atoms with Gasteiger partial charge in [0.05, 0.1) is 19.0 Å². The number of carbonyl (C=O) groups excluding carboxylic acids is 1. The third-order valence-electron chi connectivity index (χ3n) is 3.64. The number of aliphatic hydroxyl groups is 1. The smallest absolute Gasteiger partial charge is 0.274 e. The summed E-state index contributed by atoms with van der Waals surface area (Å²) < 4.78 is 0. The number of anilines is 1. The molecule has 0 unspecified atom stereocenters. The van der Waals surface area contributed by atoms with Gasteiger partial charge in [-0.05, 0) is 12.8 Å². The third kappa shape index (κ3) is 3.43. The molecule has 0 bridgehead atoms. The Morgan fingerprint density at radius 2 is 2.10 bits per heavy atom. The molecule has 1 aliphatic carbocycles. The van der Waals surface area contributed by atoms with Gasteiger partial charge in [-0.3, -0.25) is 4.79 Å². The number of nitrogens with zero attached hydrogens (tertiary/aromatic N) is 3. The van der Waals surface area contributed by atoms with Gasteiger partial charge in [0.2, 0.25) is 0 Å². The molecule has 7 heteroatoms. The summed E-state index contributed by atoms with van der Waals surface area (Å²) in [6.45, 7) is 0.292. The van der Waals surface area contributed by atoms with Crippen molar-refractivity contribution in [3.63, 3.8) is 0 Å². The molecule has 1 heterocycles. The van der Waals surface area contributed by atoms with E-state index in [4.69, 9.17) is 5.84 Å². The van der Waals surface area contributed by atoms with E-state index < -0.39 is 0 Å². The topological polar surface area (TPSA) is 104 Å². The molecule has 110 valence electrons. The van der Waals surface area contributed by atoms with Crippen LogP contribution in [-0.2, 0) is 0 Å². The van der Waals surface area contributed by atoms with Gasteiger partial charge in [0.15, 0.2) is 5.82 Å². The highest BCUT2D eigenvalue weighted by Gasteiger charge is 2.26. The van der Waals surface area contributed by atoms with Crippen LogP contribution in [0, 0.1) is 0 Å². The number of rotatable bonds is 5. The van der Waals surface area contributed by atoms with Crippen molar-refractivity contribution < 1.29 is 9.90 Å². The minimum atomic E-state index is -0.179. The minimum absolute atomic E-state index is 0.0435. The average Bonchev–Trinajstić information content (AvgIpc) is 2.53. The highest BCUT2D eigenvalue weighted by molar-refractivity contribution is 5.92. The number of aromatic nitrogens is 2.